The van der Waals surface area contributed by atoms with E-state index in [1.165, 1.54) is 23.9 Å². The third-order valence-electron chi connectivity index (χ3n) is 5.31. The maximum absolute atomic E-state index is 13.7. The Balaban J connectivity index is 1.54. The Morgan fingerprint density at radius 2 is 1.88 bits per heavy atom. The number of ketones is 1. The Bertz CT molecular complexity index is 1300. The smallest absolute Gasteiger partial charge is 0.191 e. The fourth-order valence-electron chi connectivity index (χ4n) is 3.77. The molecule has 0 amide bonds. The van der Waals surface area contributed by atoms with Crippen molar-refractivity contribution in [1.29, 1.82) is 0 Å². The summed E-state index contributed by atoms with van der Waals surface area (Å²) in [7, 11) is 3.48. The molecule has 0 atom stereocenters. The van der Waals surface area contributed by atoms with Crippen LogP contribution in [0.1, 0.15) is 21.7 Å². The first-order chi connectivity index (χ1) is 15.4. The fraction of sp³-hybridized carbons (Fsp3) is 0.208. The zero-order valence-corrected chi connectivity index (χ0v) is 19.1. The van der Waals surface area contributed by atoms with E-state index in [2.05, 4.69) is 10.2 Å². The van der Waals surface area contributed by atoms with Crippen LogP contribution in [0.3, 0.4) is 0 Å². The SMILES string of the molecule is COc1ccccc1-c1nnc(SCC(=O)c2cc(C)n(-c3cccc(F)c3)c2C)n1C. The molecule has 0 aliphatic heterocycles. The lowest BCUT2D eigenvalue weighted by Crippen LogP contribution is -2.06. The zero-order chi connectivity index (χ0) is 22.8. The number of aryl methyl sites for hydroxylation is 1. The van der Waals surface area contributed by atoms with Gasteiger partial charge in [-0.2, -0.15) is 0 Å². The molecule has 164 valence electrons. The van der Waals surface area contributed by atoms with E-state index in [4.69, 9.17) is 4.74 Å². The molecule has 8 heteroatoms. The number of nitrogens with zero attached hydrogens (tertiary/aromatic N) is 4. The lowest BCUT2D eigenvalue weighted by molar-refractivity contribution is 0.102. The highest BCUT2D eigenvalue weighted by atomic mass is 32.2. The van der Waals surface area contributed by atoms with Crippen molar-refractivity contribution in [2.45, 2.75) is 19.0 Å². The maximum atomic E-state index is 13.7. The molecule has 0 bridgehead atoms. The number of carbonyl (C=O) groups excluding carboxylic acids is 1. The average Bonchev–Trinajstić information content (AvgIpc) is 3.30. The molecule has 0 spiro atoms. The molecule has 4 rings (SSSR count). The van der Waals surface area contributed by atoms with Gasteiger partial charge in [-0.3, -0.25) is 4.79 Å². The van der Waals surface area contributed by atoms with Crippen LogP contribution in [0.25, 0.3) is 17.1 Å². The topological polar surface area (TPSA) is 61.9 Å². The van der Waals surface area contributed by atoms with Gasteiger partial charge in [-0.05, 0) is 50.2 Å². The minimum atomic E-state index is -0.313. The Hall–Kier alpha value is -3.39. The van der Waals surface area contributed by atoms with Crippen LogP contribution in [0.2, 0.25) is 0 Å². The van der Waals surface area contributed by atoms with Gasteiger partial charge in [-0.1, -0.05) is 30.0 Å². The third-order valence-corrected chi connectivity index (χ3v) is 6.33. The van der Waals surface area contributed by atoms with Gasteiger partial charge in [0.2, 0.25) is 0 Å². The van der Waals surface area contributed by atoms with Crippen LogP contribution in [-0.2, 0) is 7.05 Å². The molecular weight excluding hydrogens is 427 g/mol. The molecule has 0 fully saturated rings. The Morgan fingerprint density at radius 1 is 1.09 bits per heavy atom. The minimum absolute atomic E-state index is 0.0207. The average molecular weight is 451 g/mol. The van der Waals surface area contributed by atoms with E-state index in [0.29, 0.717) is 28.0 Å². The van der Waals surface area contributed by atoms with Gasteiger partial charge in [-0.15, -0.1) is 10.2 Å². The van der Waals surface area contributed by atoms with Gasteiger partial charge in [-0.25, -0.2) is 4.39 Å². The first kappa shape index (κ1) is 21.8. The molecule has 6 nitrogen and oxygen atoms in total. The number of halogens is 1. The van der Waals surface area contributed by atoms with Gasteiger partial charge in [0.1, 0.15) is 11.6 Å². The summed E-state index contributed by atoms with van der Waals surface area (Å²) in [6, 6.07) is 15.8. The maximum Gasteiger partial charge on any atom is 0.191 e. The molecular formula is C24H23FN4O2S. The van der Waals surface area contributed by atoms with Crippen LogP contribution in [-0.4, -0.2) is 38.0 Å². The second-order valence-corrected chi connectivity index (χ2v) is 8.32. The Labute approximate surface area is 190 Å². The van der Waals surface area contributed by atoms with Crippen molar-refractivity contribution in [2.24, 2.45) is 7.05 Å². The van der Waals surface area contributed by atoms with Crippen molar-refractivity contribution in [3.05, 3.63) is 77.4 Å². The van der Waals surface area contributed by atoms with Gasteiger partial charge in [0.15, 0.2) is 16.8 Å². The second kappa shape index (κ2) is 9.00. The van der Waals surface area contributed by atoms with Gasteiger partial charge >= 0.3 is 0 Å². The van der Waals surface area contributed by atoms with Crippen molar-refractivity contribution in [1.82, 2.24) is 19.3 Å². The van der Waals surface area contributed by atoms with Gasteiger partial charge in [0, 0.05) is 29.7 Å². The Morgan fingerprint density at radius 3 is 2.62 bits per heavy atom. The minimum Gasteiger partial charge on any atom is -0.496 e. The molecule has 0 unspecified atom stereocenters. The summed E-state index contributed by atoms with van der Waals surface area (Å²) in [6.45, 7) is 3.78. The van der Waals surface area contributed by atoms with Gasteiger partial charge in [0.25, 0.3) is 0 Å². The number of benzene rings is 2. The van der Waals surface area contributed by atoms with Crippen molar-refractivity contribution < 1.29 is 13.9 Å². The van der Waals surface area contributed by atoms with Crippen LogP contribution >= 0.6 is 11.8 Å². The van der Waals surface area contributed by atoms with Crippen molar-refractivity contribution >= 4 is 17.5 Å². The Kier molecular flexibility index (Phi) is 6.14. The van der Waals surface area contributed by atoms with Crippen molar-refractivity contribution in [3.63, 3.8) is 0 Å². The molecule has 0 radical (unpaired) electrons. The lowest BCUT2D eigenvalue weighted by Gasteiger charge is -2.10. The summed E-state index contributed by atoms with van der Waals surface area (Å²) in [5.74, 6) is 1.26. The van der Waals surface area contributed by atoms with E-state index in [1.807, 2.05) is 66.4 Å². The van der Waals surface area contributed by atoms with Crippen molar-refractivity contribution in [3.8, 4) is 22.8 Å². The predicted molar refractivity (Wildman–Crippen MR) is 123 cm³/mol. The number of rotatable bonds is 7. The first-order valence-electron chi connectivity index (χ1n) is 10.0. The molecule has 0 aliphatic carbocycles. The first-order valence-corrected chi connectivity index (χ1v) is 11.0. The molecule has 2 aromatic carbocycles. The summed E-state index contributed by atoms with van der Waals surface area (Å²) < 4.78 is 22.9. The third kappa shape index (κ3) is 4.05. The van der Waals surface area contributed by atoms with Crippen LogP contribution in [0.4, 0.5) is 4.39 Å². The lowest BCUT2D eigenvalue weighted by atomic mass is 10.2. The number of carbonyl (C=O) groups is 1. The zero-order valence-electron chi connectivity index (χ0n) is 18.3. The predicted octanol–water partition coefficient (Wildman–Crippen LogP) is 5.01. The van der Waals surface area contributed by atoms with E-state index in [1.54, 1.807) is 13.2 Å². The quantitative estimate of drug-likeness (QED) is 0.293. The van der Waals surface area contributed by atoms with Crippen LogP contribution in [0, 0.1) is 19.7 Å². The highest BCUT2D eigenvalue weighted by molar-refractivity contribution is 7.99. The molecule has 0 aliphatic rings. The monoisotopic (exact) mass is 450 g/mol. The molecule has 2 heterocycles. The number of hydrogen-bond acceptors (Lipinski definition) is 5. The number of methoxy groups -OCH3 is 1. The van der Waals surface area contributed by atoms with Crippen LogP contribution in [0.5, 0.6) is 5.75 Å². The standard InChI is InChI=1S/C24H23FN4O2S/c1-15-12-20(16(2)29(15)18-9-7-8-17(25)13-18)21(30)14-32-24-27-26-23(28(24)3)19-10-5-6-11-22(19)31-4/h5-13H,14H2,1-4H3. The summed E-state index contributed by atoms with van der Waals surface area (Å²) >= 11 is 1.33. The number of hydrogen-bond donors (Lipinski definition) is 0. The highest BCUT2D eigenvalue weighted by Gasteiger charge is 2.20. The number of aromatic nitrogens is 4. The van der Waals surface area contributed by atoms with E-state index >= 15 is 0 Å². The molecule has 0 saturated heterocycles. The molecule has 4 aromatic rings. The van der Waals surface area contributed by atoms with E-state index in [-0.39, 0.29) is 17.4 Å². The van der Waals surface area contributed by atoms with Crippen LogP contribution < -0.4 is 4.74 Å². The molecule has 0 saturated carbocycles. The summed E-state index contributed by atoms with van der Waals surface area (Å²) in [6.07, 6.45) is 0. The van der Waals surface area contributed by atoms with Crippen LogP contribution in [0.15, 0.2) is 59.8 Å². The number of thioether (sulfide) groups is 1. The van der Waals surface area contributed by atoms with E-state index in [0.717, 1.165) is 17.0 Å². The largest absolute Gasteiger partial charge is 0.496 e. The molecule has 0 N–H and O–H groups in total. The summed E-state index contributed by atoms with van der Waals surface area (Å²) in [4.78, 5) is 13.0. The number of ether oxygens (including phenoxy) is 1. The molecule has 32 heavy (non-hydrogen) atoms. The van der Waals surface area contributed by atoms with Crippen molar-refractivity contribution in [2.75, 3.05) is 12.9 Å². The summed E-state index contributed by atoms with van der Waals surface area (Å²) in [5, 5.41) is 9.18. The van der Waals surface area contributed by atoms with Gasteiger partial charge in [0.05, 0.1) is 18.4 Å². The fourth-order valence-corrected chi connectivity index (χ4v) is 4.56. The highest BCUT2D eigenvalue weighted by Crippen LogP contribution is 2.30. The normalized spacial score (nSPS) is 11.0. The van der Waals surface area contributed by atoms with E-state index < -0.39 is 0 Å². The second-order valence-electron chi connectivity index (χ2n) is 7.38. The number of para-hydroxylation sites is 1. The molecule has 2 aromatic heterocycles. The summed E-state index contributed by atoms with van der Waals surface area (Å²) in [5.41, 5.74) is 3.81. The van der Waals surface area contributed by atoms with E-state index in [9.17, 15) is 9.18 Å². The number of Topliss-reactive ketones (excluding diaryl/α,β-unsaturated/α-hetero) is 1. The van der Waals surface area contributed by atoms with Gasteiger partial charge < -0.3 is 13.9 Å².